The van der Waals surface area contributed by atoms with Gasteiger partial charge in [-0.1, -0.05) is 12.1 Å². The maximum atomic E-state index is 5.20. The number of aliphatic imine (C=N–C) groups is 1. The molecular weight excluding hydrogens is 385 g/mol. The summed E-state index contributed by atoms with van der Waals surface area (Å²) in [5.74, 6) is 2.88. The standard InChI is InChI=1S/C14H23N3OS.HI/c1-15-14(16-8-5-9-19-3)17-11-12-6-4-7-13(10-12)18-2;/h4,6-7,10H,5,8-9,11H2,1-3H3,(H2,15,16,17);1H. The molecule has 0 saturated carbocycles. The number of benzene rings is 1. The van der Waals surface area contributed by atoms with Crippen LogP contribution in [0.5, 0.6) is 5.75 Å². The minimum atomic E-state index is 0. The molecule has 0 aliphatic rings. The quantitative estimate of drug-likeness (QED) is 0.315. The first kappa shape index (κ1) is 19.4. The monoisotopic (exact) mass is 409 g/mol. The molecule has 0 atom stereocenters. The molecule has 20 heavy (non-hydrogen) atoms. The molecule has 4 nitrogen and oxygen atoms in total. The van der Waals surface area contributed by atoms with Gasteiger partial charge >= 0.3 is 0 Å². The number of hydrogen-bond donors (Lipinski definition) is 2. The molecule has 2 N–H and O–H groups in total. The van der Waals surface area contributed by atoms with E-state index in [0.717, 1.165) is 31.2 Å². The molecule has 0 bridgehead atoms. The van der Waals surface area contributed by atoms with Crippen LogP contribution in [0.25, 0.3) is 0 Å². The normalized spacial score (nSPS) is 10.7. The summed E-state index contributed by atoms with van der Waals surface area (Å²) in [5, 5.41) is 6.59. The Hall–Kier alpha value is -0.630. The second kappa shape index (κ2) is 12.1. The first-order valence-corrected chi connectivity index (χ1v) is 7.76. The average molecular weight is 409 g/mol. The molecule has 0 spiro atoms. The van der Waals surface area contributed by atoms with E-state index in [1.54, 1.807) is 14.2 Å². The van der Waals surface area contributed by atoms with E-state index in [-0.39, 0.29) is 24.0 Å². The Morgan fingerprint density at radius 2 is 2.15 bits per heavy atom. The number of halogens is 1. The summed E-state index contributed by atoms with van der Waals surface area (Å²) in [5.41, 5.74) is 1.17. The van der Waals surface area contributed by atoms with Crippen molar-refractivity contribution in [3.63, 3.8) is 0 Å². The fourth-order valence-electron chi connectivity index (χ4n) is 1.61. The molecule has 0 aliphatic carbocycles. The van der Waals surface area contributed by atoms with Gasteiger partial charge in [-0.2, -0.15) is 11.8 Å². The molecule has 0 saturated heterocycles. The summed E-state index contributed by atoms with van der Waals surface area (Å²) in [7, 11) is 3.47. The lowest BCUT2D eigenvalue weighted by Gasteiger charge is -2.12. The third-order valence-electron chi connectivity index (χ3n) is 2.64. The van der Waals surface area contributed by atoms with Crippen LogP contribution in [-0.4, -0.2) is 38.7 Å². The zero-order valence-corrected chi connectivity index (χ0v) is 15.5. The van der Waals surface area contributed by atoms with Crippen LogP contribution in [0.4, 0.5) is 0 Å². The highest BCUT2D eigenvalue weighted by molar-refractivity contribution is 14.0. The van der Waals surface area contributed by atoms with Gasteiger partial charge in [-0.15, -0.1) is 24.0 Å². The van der Waals surface area contributed by atoms with E-state index >= 15 is 0 Å². The van der Waals surface area contributed by atoms with Gasteiger partial charge in [0.15, 0.2) is 5.96 Å². The van der Waals surface area contributed by atoms with Crippen molar-refractivity contribution < 1.29 is 4.74 Å². The molecule has 6 heteroatoms. The molecule has 1 aromatic rings. The number of guanidine groups is 1. The molecule has 0 radical (unpaired) electrons. The third-order valence-corrected chi connectivity index (χ3v) is 3.33. The van der Waals surface area contributed by atoms with Crippen LogP contribution in [0, 0.1) is 0 Å². The second-order valence-electron chi connectivity index (χ2n) is 4.05. The van der Waals surface area contributed by atoms with E-state index in [0.29, 0.717) is 0 Å². The number of methoxy groups -OCH3 is 1. The van der Waals surface area contributed by atoms with E-state index in [1.807, 2.05) is 30.0 Å². The highest BCUT2D eigenvalue weighted by Crippen LogP contribution is 2.11. The number of hydrogen-bond acceptors (Lipinski definition) is 3. The smallest absolute Gasteiger partial charge is 0.191 e. The lowest BCUT2D eigenvalue weighted by Crippen LogP contribution is -2.37. The number of thioether (sulfide) groups is 1. The summed E-state index contributed by atoms with van der Waals surface area (Å²) >= 11 is 1.86. The Morgan fingerprint density at radius 1 is 1.35 bits per heavy atom. The maximum absolute atomic E-state index is 5.20. The Balaban J connectivity index is 0.00000361. The van der Waals surface area contributed by atoms with Crippen LogP contribution in [0.2, 0.25) is 0 Å². The van der Waals surface area contributed by atoms with Gasteiger partial charge in [0, 0.05) is 20.1 Å². The molecule has 1 rings (SSSR count). The lowest BCUT2D eigenvalue weighted by molar-refractivity contribution is 0.414. The van der Waals surface area contributed by atoms with Gasteiger partial charge in [-0.25, -0.2) is 0 Å². The molecule has 0 aliphatic heterocycles. The fraction of sp³-hybridized carbons (Fsp3) is 0.500. The zero-order valence-electron chi connectivity index (χ0n) is 12.3. The summed E-state index contributed by atoms with van der Waals surface area (Å²) in [6.07, 6.45) is 3.26. The molecule has 0 unspecified atom stereocenters. The number of rotatable bonds is 7. The summed E-state index contributed by atoms with van der Waals surface area (Å²) in [6.45, 7) is 1.68. The Labute approximate surface area is 143 Å². The largest absolute Gasteiger partial charge is 0.497 e. The maximum Gasteiger partial charge on any atom is 0.191 e. The van der Waals surface area contributed by atoms with Gasteiger partial charge in [0.1, 0.15) is 5.75 Å². The highest BCUT2D eigenvalue weighted by Gasteiger charge is 1.99. The number of ether oxygens (including phenoxy) is 1. The van der Waals surface area contributed by atoms with Crippen molar-refractivity contribution >= 4 is 41.7 Å². The molecule has 0 fully saturated rings. The van der Waals surface area contributed by atoms with Crippen molar-refractivity contribution in [1.29, 1.82) is 0 Å². The van der Waals surface area contributed by atoms with Crippen LogP contribution in [0.1, 0.15) is 12.0 Å². The van der Waals surface area contributed by atoms with E-state index in [1.165, 1.54) is 11.3 Å². The Kier molecular flexibility index (Phi) is 11.8. The Bertz CT molecular complexity index is 402. The lowest BCUT2D eigenvalue weighted by atomic mass is 10.2. The van der Waals surface area contributed by atoms with Crippen LogP contribution in [0.15, 0.2) is 29.3 Å². The molecule has 1 aromatic carbocycles. The zero-order chi connectivity index (χ0) is 13.9. The van der Waals surface area contributed by atoms with Gasteiger partial charge in [-0.3, -0.25) is 4.99 Å². The molecule has 0 amide bonds. The van der Waals surface area contributed by atoms with Gasteiger partial charge in [-0.05, 0) is 36.1 Å². The molecule has 0 heterocycles. The van der Waals surface area contributed by atoms with Gasteiger partial charge in [0.05, 0.1) is 7.11 Å². The topological polar surface area (TPSA) is 45.7 Å². The Morgan fingerprint density at radius 3 is 2.80 bits per heavy atom. The predicted molar refractivity (Wildman–Crippen MR) is 99.6 cm³/mol. The van der Waals surface area contributed by atoms with Crippen LogP contribution in [0.3, 0.4) is 0 Å². The van der Waals surface area contributed by atoms with E-state index < -0.39 is 0 Å². The van der Waals surface area contributed by atoms with E-state index in [9.17, 15) is 0 Å². The number of nitrogens with one attached hydrogen (secondary N) is 2. The van der Waals surface area contributed by atoms with Crippen molar-refractivity contribution in [2.75, 3.05) is 32.7 Å². The minimum absolute atomic E-state index is 0. The van der Waals surface area contributed by atoms with Crippen molar-refractivity contribution in [3.8, 4) is 5.75 Å². The van der Waals surface area contributed by atoms with Gasteiger partial charge in [0.2, 0.25) is 0 Å². The second-order valence-corrected chi connectivity index (χ2v) is 5.04. The molecule has 0 aromatic heterocycles. The number of nitrogens with zero attached hydrogens (tertiary/aromatic N) is 1. The average Bonchev–Trinajstić information content (AvgIpc) is 2.47. The van der Waals surface area contributed by atoms with Gasteiger partial charge in [0.25, 0.3) is 0 Å². The summed E-state index contributed by atoms with van der Waals surface area (Å²) < 4.78 is 5.20. The molecule has 114 valence electrons. The van der Waals surface area contributed by atoms with E-state index in [2.05, 4.69) is 27.9 Å². The molecular formula is C14H24IN3OS. The first-order chi connectivity index (χ1) is 9.30. The van der Waals surface area contributed by atoms with Crippen LogP contribution in [-0.2, 0) is 6.54 Å². The van der Waals surface area contributed by atoms with E-state index in [4.69, 9.17) is 4.74 Å². The summed E-state index contributed by atoms with van der Waals surface area (Å²) in [6, 6.07) is 8.02. The highest BCUT2D eigenvalue weighted by atomic mass is 127. The van der Waals surface area contributed by atoms with Crippen molar-refractivity contribution in [2.45, 2.75) is 13.0 Å². The van der Waals surface area contributed by atoms with Crippen molar-refractivity contribution in [1.82, 2.24) is 10.6 Å². The summed E-state index contributed by atoms with van der Waals surface area (Å²) in [4.78, 5) is 4.20. The minimum Gasteiger partial charge on any atom is -0.497 e. The predicted octanol–water partition coefficient (Wildman–Crippen LogP) is 2.73. The fourth-order valence-corrected chi connectivity index (χ4v) is 2.05. The van der Waals surface area contributed by atoms with Crippen LogP contribution >= 0.6 is 35.7 Å². The van der Waals surface area contributed by atoms with Gasteiger partial charge < -0.3 is 15.4 Å². The first-order valence-electron chi connectivity index (χ1n) is 6.36. The SMILES string of the molecule is CN=C(NCCCSC)NCc1cccc(OC)c1.I. The third kappa shape index (κ3) is 7.84. The van der Waals surface area contributed by atoms with Crippen molar-refractivity contribution in [2.24, 2.45) is 4.99 Å². The van der Waals surface area contributed by atoms with Crippen LogP contribution < -0.4 is 15.4 Å². The van der Waals surface area contributed by atoms with Crippen molar-refractivity contribution in [3.05, 3.63) is 29.8 Å².